The van der Waals surface area contributed by atoms with Crippen LogP contribution in [0.2, 0.25) is 0 Å². The first-order valence-electron chi connectivity index (χ1n) is 10.0. The van der Waals surface area contributed by atoms with Gasteiger partial charge in [-0.25, -0.2) is 0 Å². The van der Waals surface area contributed by atoms with E-state index in [4.69, 9.17) is 0 Å². The van der Waals surface area contributed by atoms with Crippen LogP contribution in [0, 0.1) is 0 Å². The van der Waals surface area contributed by atoms with E-state index in [0.29, 0.717) is 0 Å². The Balaban J connectivity index is 2.33. The van der Waals surface area contributed by atoms with E-state index in [1.807, 2.05) is 0 Å². The maximum Gasteiger partial charge on any atom is 0.0195 e. The van der Waals surface area contributed by atoms with Gasteiger partial charge in [0.05, 0.1) is 0 Å². The number of hydrogen-bond acceptors (Lipinski definition) is 2. The number of piperidine rings is 2. The van der Waals surface area contributed by atoms with E-state index in [1.54, 1.807) is 11.1 Å². The lowest BCUT2D eigenvalue weighted by Gasteiger charge is -2.55. The molecule has 0 atom stereocenters. The first kappa shape index (κ1) is 20.0. The number of nitrogens with one attached hydrogen (secondary N) is 1. The molecule has 2 fully saturated rings. The molecule has 2 heteroatoms. The molecule has 24 heavy (non-hydrogen) atoms. The molecule has 0 aliphatic carbocycles. The summed E-state index contributed by atoms with van der Waals surface area (Å²) in [5.41, 5.74) is 4.42. The molecule has 0 radical (unpaired) electrons. The first-order chi connectivity index (χ1) is 10.8. The highest BCUT2D eigenvalue weighted by molar-refractivity contribution is 5.28. The van der Waals surface area contributed by atoms with Crippen LogP contribution >= 0.6 is 0 Å². The molecule has 0 aromatic heterocycles. The molecule has 0 saturated carbocycles. The molecule has 2 saturated heterocycles. The smallest absolute Gasteiger partial charge is 0.0195 e. The Morgan fingerprint density at radius 1 is 0.750 bits per heavy atom. The van der Waals surface area contributed by atoms with Crippen LogP contribution in [0.15, 0.2) is 11.1 Å². The van der Waals surface area contributed by atoms with E-state index in [1.165, 1.54) is 45.1 Å². The normalized spacial score (nSPS) is 28.9. The molecular weight excluding hydrogens is 292 g/mol. The Morgan fingerprint density at radius 2 is 1.17 bits per heavy atom. The monoisotopic (exact) mass is 334 g/mol. The predicted molar refractivity (Wildman–Crippen MR) is 107 cm³/mol. The lowest BCUT2D eigenvalue weighted by Crippen LogP contribution is -2.60. The average Bonchev–Trinajstić information content (AvgIpc) is 2.32. The molecule has 0 bridgehead atoms. The molecule has 0 aromatic carbocycles. The molecule has 0 unspecified atom stereocenters. The van der Waals surface area contributed by atoms with Crippen molar-refractivity contribution in [2.45, 2.75) is 123 Å². The van der Waals surface area contributed by atoms with Crippen molar-refractivity contribution in [3.8, 4) is 0 Å². The second kappa shape index (κ2) is 6.43. The number of rotatable bonds is 3. The lowest BCUT2D eigenvalue weighted by atomic mass is 9.70. The van der Waals surface area contributed by atoms with Crippen molar-refractivity contribution in [1.82, 2.24) is 10.2 Å². The molecule has 140 valence electrons. The quantitative estimate of drug-likeness (QED) is 0.668. The average molecular weight is 335 g/mol. The summed E-state index contributed by atoms with van der Waals surface area (Å²) in [6.07, 6.45) is 7.47. The third kappa shape index (κ3) is 4.43. The summed E-state index contributed by atoms with van der Waals surface area (Å²) < 4.78 is 0. The topological polar surface area (TPSA) is 15.3 Å². The van der Waals surface area contributed by atoms with Crippen LogP contribution in [-0.4, -0.2) is 33.6 Å². The first-order valence-corrected chi connectivity index (χ1v) is 10.0. The van der Waals surface area contributed by atoms with Crippen LogP contribution in [0.1, 0.15) is 101 Å². The largest absolute Gasteiger partial charge is 0.306 e. The van der Waals surface area contributed by atoms with Crippen molar-refractivity contribution < 1.29 is 0 Å². The van der Waals surface area contributed by atoms with E-state index in [9.17, 15) is 0 Å². The van der Waals surface area contributed by atoms with Gasteiger partial charge in [0.25, 0.3) is 0 Å². The van der Waals surface area contributed by atoms with Crippen LogP contribution in [0.25, 0.3) is 0 Å². The van der Waals surface area contributed by atoms with Gasteiger partial charge in [0.1, 0.15) is 0 Å². The van der Waals surface area contributed by atoms with Crippen molar-refractivity contribution in [3.63, 3.8) is 0 Å². The highest BCUT2D eigenvalue weighted by Gasteiger charge is 2.45. The summed E-state index contributed by atoms with van der Waals surface area (Å²) in [5, 5.41) is 3.83. The highest BCUT2D eigenvalue weighted by atomic mass is 15.3. The lowest BCUT2D eigenvalue weighted by molar-refractivity contribution is -0.00790. The van der Waals surface area contributed by atoms with Gasteiger partial charge in [0.15, 0.2) is 0 Å². The molecule has 2 heterocycles. The van der Waals surface area contributed by atoms with Crippen molar-refractivity contribution in [2.75, 3.05) is 6.54 Å². The van der Waals surface area contributed by atoms with Crippen molar-refractivity contribution >= 4 is 0 Å². The Hall–Kier alpha value is -0.340. The van der Waals surface area contributed by atoms with Gasteiger partial charge in [-0.1, -0.05) is 24.5 Å². The van der Waals surface area contributed by atoms with Crippen LogP contribution in [0.4, 0.5) is 0 Å². The van der Waals surface area contributed by atoms with Crippen molar-refractivity contribution in [1.29, 1.82) is 0 Å². The van der Waals surface area contributed by atoms with Crippen LogP contribution in [0.5, 0.6) is 0 Å². The van der Waals surface area contributed by atoms with Gasteiger partial charge in [-0.2, -0.15) is 0 Å². The molecule has 0 spiro atoms. The van der Waals surface area contributed by atoms with Crippen LogP contribution in [-0.2, 0) is 0 Å². The minimum atomic E-state index is 0.206. The van der Waals surface area contributed by atoms with Gasteiger partial charge < -0.3 is 5.32 Å². The Bertz CT molecular complexity index is 456. The maximum absolute atomic E-state index is 3.83. The minimum absolute atomic E-state index is 0.206. The SMILES string of the molecule is CCCCN1C(C)(C)CC(=C2CC(C)(C)NC(C)(C)C2)CC1(C)C. The second-order valence-electron chi connectivity index (χ2n) is 10.9. The predicted octanol–water partition coefficient (Wildman–Crippen LogP) is 5.68. The van der Waals surface area contributed by atoms with Gasteiger partial charge in [-0.3, -0.25) is 4.90 Å². The number of nitrogens with zero attached hydrogens (tertiary/aromatic N) is 1. The van der Waals surface area contributed by atoms with Crippen molar-refractivity contribution in [2.24, 2.45) is 0 Å². The second-order valence-corrected chi connectivity index (χ2v) is 10.9. The summed E-state index contributed by atoms with van der Waals surface area (Å²) >= 11 is 0. The zero-order valence-electron chi connectivity index (χ0n) is 17.9. The van der Waals surface area contributed by atoms with Gasteiger partial charge in [0, 0.05) is 22.2 Å². The molecular formula is C22H42N2. The summed E-state index contributed by atoms with van der Waals surface area (Å²) in [5.74, 6) is 0. The fourth-order valence-corrected chi connectivity index (χ4v) is 5.67. The Kier molecular flexibility index (Phi) is 5.35. The number of unbranched alkanes of at least 4 members (excludes halogenated alkanes) is 1. The molecule has 0 amide bonds. The zero-order chi connectivity index (χ0) is 18.4. The zero-order valence-corrected chi connectivity index (χ0v) is 17.9. The van der Waals surface area contributed by atoms with Gasteiger partial charge in [-0.05, 0) is 94.0 Å². The van der Waals surface area contributed by atoms with E-state index in [-0.39, 0.29) is 22.2 Å². The molecule has 2 rings (SSSR count). The van der Waals surface area contributed by atoms with E-state index in [0.717, 1.165) is 0 Å². The third-order valence-electron chi connectivity index (χ3n) is 5.98. The standard InChI is InChI=1S/C22H42N2/c1-10-11-12-24-21(6,7)15-18(16-22(24,8)9)17-13-19(2,3)23-20(4,5)14-17/h23H,10-16H2,1-9H3. The minimum Gasteiger partial charge on any atom is -0.306 e. The number of hydrogen-bond donors (Lipinski definition) is 1. The molecule has 1 N–H and O–H groups in total. The third-order valence-corrected chi connectivity index (χ3v) is 5.98. The maximum atomic E-state index is 3.83. The number of likely N-dealkylation sites (tertiary alicyclic amines) is 1. The summed E-state index contributed by atoms with van der Waals surface area (Å²) in [7, 11) is 0. The Morgan fingerprint density at radius 3 is 1.58 bits per heavy atom. The van der Waals surface area contributed by atoms with E-state index >= 15 is 0 Å². The van der Waals surface area contributed by atoms with E-state index < -0.39 is 0 Å². The molecule has 2 aliphatic heterocycles. The molecule has 0 aromatic rings. The summed E-state index contributed by atoms with van der Waals surface area (Å²) in [6, 6.07) is 0. The van der Waals surface area contributed by atoms with Crippen LogP contribution in [0.3, 0.4) is 0 Å². The van der Waals surface area contributed by atoms with Gasteiger partial charge >= 0.3 is 0 Å². The summed E-state index contributed by atoms with van der Waals surface area (Å²) in [6.45, 7) is 22.8. The van der Waals surface area contributed by atoms with Crippen molar-refractivity contribution in [3.05, 3.63) is 11.1 Å². The van der Waals surface area contributed by atoms with Gasteiger partial charge in [0.2, 0.25) is 0 Å². The fraction of sp³-hybridized carbons (Fsp3) is 0.909. The molecule has 2 aliphatic rings. The fourth-order valence-electron chi connectivity index (χ4n) is 5.67. The molecule has 2 nitrogen and oxygen atoms in total. The van der Waals surface area contributed by atoms with E-state index in [2.05, 4.69) is 72.5 Å². The highest BCUT2D eigenvalue weighted by Crippen LogP contribution is 2.45. The van der Waals surface area contributed by atoms with Crippen LogP contribution < -0.4 is 5.32 Å². The van der Waals surface area contributed by atoms with Gasteiger partial charge in [-0.15, -0.1) is 0 Å². The Labute approximate surface area is 151 Å². The summed E-state index contributed by atoms with van der Waals surface area (Å²) in [4.78, 5) is 2.78.